The summed E-state index contributed by atoms with van der Waals surface area (Å²) < 4.78 is 5.05. The molecule has 2 nitrogen and oxygen atoms in total. The first-order valence-corrected chi connectivity index (χ1v) is 5.41. The summed E-state index contributed by atoms with van der Waals surface area (Å²) in [5.41, 5.74) is 2.47. The van der Waals surface area contributed by atoms with Gasteiger partial charge >= 0.3 is 5.97 Å². The molecule has 0 bridgehead atoms. The van der Waals surface area contributed by atoms with Crippen LogP contribution in [0, 0.1) is 5.92 Å². The standard InChI is InChI=1S/C12H22O2/c1-6-10(9(4)5)11(7-2)12(13)14-8-3/h11H,6-8H2,1-5H3. The van der Waals surface area contributed by atoms with Crippen LogP contribution in [-0.4, -0.2) is 12.6 Å². The molecule has 0 fully saturated rings. The fourth-order valence-corrected chi connectivity index (χ4v) is 1.75. The van der Waals surface area contributed by atoms with Crippen LogP contribution < -0.4 is 0 Å². The molecule has 0 N–H and O–H groups in total. The number of hydrogen-bond donors (Lipinski definition) is 0. The molecule has 0 saturated heterocycles. The summed E-state index contributed by atoms with van der Waals surface area (Å²) in [4.78, 5) is 11.6. The van der Waals surface area contributed by atoms with Crippen molar-refractivity contribution < 1.29 is 9.53 Å². The Morgan fingerprint density at radius 2 is 1.79 bits per heavy atom. The van der Waals surface area contributed by atoms with Gasteiger partial charge in [-0.05, 0) is 33.6 Å². The van der Waals surface area contributed by atoms with Crippen molar-refractivity contribution in [1.29, 1.82) is 0 Å². The minimum absolute atomic E-state index is 0.0371. The fraction of sp³-hybridized carbons (Fsp3) is 0.750. The molecule has 0 aromatic carbocycles. The summed E-state index contributed by atoms with van der Waals surface area (Å²) in [7, 11) is 0. The van der Waals surface area contributed by atoms with Crippen LogP contribution in [0.4, 0.5) is 0 Å². The van der Waals surface area contributed by atoms with Crippen LogP contribution in [0.1, 0.15) is 47.5 Å². The zero-order valence-electron chi connectivity index (χ0n) is 10.0. The predicted octanol–water partition coefficient (Wildman–Crippen LogP) is 3.32. The minimum Gasteiger partial charge on any atom is -0.466 e. The van der Waals surface area contributed by atoms with Crippen LogP contribution in [0.3, 0.4) is 0 Å². The van der Waals surface area contributed by atoms with Gasteiger partial charge in [-0.15, -0.1) is 0 Å². The van der Waals surface area contributed by atoms with Crippen LogP contribution in [0.15, 0.2) is 11.1 Å². The summed E-state index contributed by atoms with van der Waals surface area (Å²) in [6.07, 6.45) is 1.76. The van der Waals surface area contributed by atoms with Crippen molar-refractivity contribution in [3.8, 4) is 0 Å². The first kappa shape index (κ1) is 13.2. The van der Waals surface area contributed by atoms with E-state index < -0.39 is 0 Å². The second-order valence-corrected chi connectivity index (χ2v) is 3.59. The van der Waals surface area contributed by atoms with E-state index in [4.69, 9.17) is 4.74 Å². The maximum atomic E-state index is 11.6. The van der Waals surface area contributed by atoms with Crippen molar-refractivity contribution in [2.45, 2.75) is 47.5 Å². The molecule has 0 aromatic rings. The van der Waals surface area contributed by atoms with Crippen LogP contribution in [0.25, 0.3) is 0 Å². The molecular formula is C12H22O2. The van der Waals surface area contributed by atoms with Gasteiger partial charge in [-0.2, -0.15) is 0 Å². The summed E-state index contributed by atoms with van der Waals surface area (Å²) in [5, 5.41) is 0. The first-order valence-electron chi connectivity index (χ1n) is 5.41. The molecule has 0 heterocycles. The molecule has 0 amide bonds. The number of ether oxygens (including phenoxy) is 1. The van der Waals surface area contributed by atoms with Gasteiger partial charge in [0.1, 0.15) is 0 Å². The molecule has 14 heavy (non-hydrogen) atoms. The second-order valence-electron chi connectivity index (χ2n) is 3.59. The van der Waals surface area contributed by atoms with Crippen molar-refractivity contribution in [3.63, 3.8) is 0 Å². The molecule has 0 radical (unpaired) electrons. The highest BCUT2D eigenvalue weighted by Crippen LogP contribution is 2.23. The maximum Gasteiger partial charge on any atom is 0.313 e. The van der Waals surface area contributed by atoms with E-state index in [-0.39, 0.29) is 11.9 Å². The Hall–Kier alpha value is -0.790. The lowest BCUT2D eigenvalue weighted by atomic mass is 9.91. The largest absolute Gasteiger partial charge is 0.466 e. The summed E-state index contributed by atoms with van der Waals surface area (Å²) in [5.74, 6) is -0.113. The number of hydrogen-bond acceptors (Lipinski definition) is 2. The highest BCUT2D eigenvalue weighted by atomic mass is 16.5. The van der Waals surface area contributed by atoms with Gasteiger partial charge in [0.25, 0.3) is 0 Å². The molecule has 0 aliphatic carbocycles. The van der Waals surface area contributed by atoms with E-state index in [1.165, 1.54) is 11.1 Å². The van der Waals surface area contributed by atoms with E-state index in [0.717, 1.165) is 12.8 Å². The van der Waals surface area contributed by atoms with Crippen molar-refractivity contribution in [3.05, 3.63) is 11.1 Å². The van der Waals surface area contributed by atoms with Gasteiger partial charge < -0.3 is 4.74 Å². The number of esters is 1. The van der Waals surface area contributed by atoms with E-state index in [9.17, 15) is 4.79 Å². The lowest BCUT2D eigenvalue weighted by Gasteiger charge is -2.17. The molecule has 1 unspecified atom stereocenters. The zero-order chi connectivity index (χ0) is 11.1. The second kappa shape index (κ2) is 6.63. The number of carbonyl (C=O) groups is 1. The van der Waals surface area contributed by atoms with E-state index in [0.29, 0.717) is 6.61 Å². The van der Waals surface area contributed by atoms with Crippen LogP contribution in [0.5, 0.6) is 0 Å². The molecule has 0 rings (SSSR count). The smallest absolute Gasteiger partial charge is 0.313 e. The van der Waals surface area contributed by atoms with E-state index in [1.54, 1.807) is 0 Å². The Morgan fingerprint density at radius 1 is 1.21 bits per heavy atom. The van der Waals surface area contributed by atoms with Gasteiger partial charge in [-0.1, -0.05) is 25.0 Å². The van der Waals surface area contributed by atoms with Gasteiger partial charge in [0.2, 0.25) is 0 Å². The van der Waals surface area contributed by atoms with E-state index in [1.807, 2.05) is 13.8 Å². The van der Waals surface area contributed by atoms with Crippen molar-refractivity contribution in [2.24, 2.45) is 5.92 Å². The highest BCUT2D eigenvalue weighted by Gasteiger charge is 2.21. The quantitative estimate of drug-likeness (QED) is 0.500. The van der Waals surface area contributed by atoms with Crippen LogP contribution >= 0.6 is 0 Å². The lowest BCUT2D eigenvalue weighted by Crippen LogP contribution is -2.19. The van der Waals surface area contributed by atoms with Gasteiger partial charge in [-0.3, -0.25) is 4.79 Å². The monoisotopic (exact) mass is 198 g/mol. The molecule has 0 saturated carbocycles. The number of allylic oxidation sites excluding steroid dienone is 1. The summed E-state index contributed by atoms with van der Waals surface area (Å²) in [6.45, 7) is 10.5. The van der Waals surface area contributed by atoms with Gasteiger partial charge in [0.05, 0.1) is 12.5 Å². The molecule has 0 aliphatic rings. The van der Waals surface area contributed by atoms with Crippen molar-refractivity contribution in [1.82, 2.24) is 0 Å². The average Bonchev–Trinajstić information content (AvgIpc) is 2.13. The third-order valence-corrected chi connectivity index (χ3v) is 2.42. The lowest BCUT2D eigenvalue weighted by molar-refractivity contribution is -0.146. The zero-order valence-corrected chi connectivity index (χ0v) is 10.0. The van der Waals surface area contributed by atoms with Crippen molar-refractivity contribution in [2.75, 3.05) is 6.61 Å². The Labute approximate surface area is 87.3 Å². The van der Waals surface area contributed by atoms with Crippen LogP contribution in [-0.2, 0) is 9.53 Å². The molecule has 0 spiro atoms. The number of carbonyl (C=O) groups excluding carboxylic acids is 1. The number of rotatable bonds is 5. The average molecular weight is 198 g/mol. The SMILES string of the molecule is CCOC(=O)C(CC)C(CC)=C(C)C. The van der Waals surface area contributed by atoms with Gasteiger partial charge in [-0.25, -0.2) is 0 Å². The minimum atomic E-state index is -0.0759. The van der Waals surface area contributed by atoms with Crippen molar-refractivity contribution >= 4 is 5.97 Å². The van der Waals surface area contributed by atoms with E-state index in [2.05, 4.69) is 20.8 Å². The summed E-state index contributed by atoms with van der Waals surface area (Å²) >= 11 is 0. The highest BCUT2D eigenvalue weighted by molar-refractivity contribution is 5.75. The molecule has 82 valence electrons. The molecule has 0 aliphatic heterocycles. The molecule has 2 heteroatoms. The Kier molecular flexibility index (Phi) is 6.26. The Morgan fingerprint density at radius 3 is 2.07 bits per heavy atom. The molecule has 1 atom stereocenters. The Balaban J connectivity index is 4.70. The Bertz CT molecular complexity index is 212. The fourth-order valence-electron chi connectivity index (χ4n) is 1.75. The third-order valence-electron chi connectivity index (χ3n) is 2.42. The van der Waals surface area contributed by atoms with Crippen LogP contribution in [0.2, 0.25) is 0 Å². The first-order chi connectivity index (χ1) is 6.58. The maximum absolute atomic E-state index is 11.6. The van der Waals surface area contributed by atoms with Gasteiger partial charge in [0, 0.05) is 0 Å². The predicted molar refractivity (Wildman–Crippen MR) is 59.1 cm³/mol. The molecule has 0 aromatic heterocycles. The topological polar surface area (TPSA) is 26.3 Å². The normalized spacial score (nSPS) is 12.1. The van der Waals surface area contributed by atoms with E-state index >= 15 is 0 Å². The molecular weight excluding hydrogens is 176 g/mol. The summed E-state index contributed by atoms with van der Waals surface area (Å²) in [6, 6.07) is 0. The van der Waals surface area contributed by atoms with Gasteiger partial charge in [0.15, 0.2) is 0 Å². The third kappa shape index (κ3) is 3.52.